The molecule has 3 saturated carbocycles. The first-order valence-corrected chi connectivity index (χ1v) is 9.48. The summed E-state index contributed by atoms with van der Waals surface area (Å²) in [5.74, 6) is 1.91. The number of aliphatic carboxylic acids is 1. The van der Waals surface area contributed by atoms with Gasteiger partial charge in [0.1, 0.15) is 0 Å². The molecule has 0 aromatic rings. The number of carboxylic acid groups (broad SMARTS) is 1. The van der Waals surface area contributed by atoms with Crippen molar-refractivity contribution in [3.8, 4) is 0 Å². The Morgan fingerprint density at radius 2 is 1.91 bits per heavy atom. The third-order valence-corrected chi connectivity index (χ3v) is 8.45. The lowest BCUT2D eigenvalue weighted by molar-refractivity contribution is -0.138. The molecule has 0 bridgehead atoms. The third-order valence-electron chi connectivity index (χ3n) is 8.45. The van der Waals surface area contributed by atoms with Gasteiger partial charge < -0.3 is 10.2 Å². The minimum absolute atomic E-state index is 0.0924. The van der Waals surface area contributed by atoms with Gasteiger partial charge in [-0.2, -0.15) is 0 Å². The molecule has 4 aliphatic rings. The van der Waals surface area contributed by atoms with Crippen molar-refractivity contribution >= 4 is 5.97 Å². The molecule has 7 atom stereocenters. The molecule has 4 rings (SSSR count). The lowest BCUT2D eigenvalue weighted by Crippen LogP contribution is -2.53. The number of rotatable bonds is 1. The fourth-order valence-corrected chi connectivity index (χ4v) is 7.13. The van der Waals surface area contributed by atoms with Crippen LogP contribution in [0.25, 0.3) is 0 Å². The Hall–Kier alpha value is -0.830. The monoisotopic (exact) mass is 318 g/mol. The van der Waals surface area contributed by atoms with Crippen molar-refractivity contribution in [2.24, 2.45) is 34.5 Å². The predicted octanol–water partition coefficient (Wildman–Crippen LogP) is 4.01. The van der Waals surface area contributed by atoms with Gasteiger partial charge in [0, 0.05) is 11.0 Å². The summed E-state index contributed by atoms with van der Waals surface area (Å²) in [5, 5.41) is 19.7. The van der Waals surface area contributed by atoms with Crippen LogP contribution < -0.4 is 0 Å². The molecular formula is C20H30O3. The van der Waals surface area contributed by atoms with E-state index in [1.165, 1.54) is 19.3 Å². The van der Waals surface area contributed by atoms with E-state index in [1.54, 1.807) is 0 Å². The quantitative estimate of drug-likeness (QED) is 0.768. The molecule has 2 N–H and O–H groups in total. The number of aliphatic hydroxyl groups excluding tert-OH is 1. The maximum Gasteiger partial charge on any atom is 0.331 e. The molecule has 0 radical (unpaired) electrons. The van der Waals surface area contributed by atoms with E-state index in [1.807, 2.05) is 6.08 Å². The van der Waals surface area contributed by atoms with E-state index in [4.69, 9.17) is 0 Å². The Labute approximate surface area is 139 Å². The Bertz CT molecular complexity index is 553. The summed E-state index contributed by atoms with van der Waals surface area (Å²) in [6.07, 6.45) is 10.7. The van der Waals surface area contributed by atoms with Gasteiger partial charge in [0.15, 0.2) is 0 Å². The van der Waals surface area contributed by atoms with Crippen LogP contribution in [-0.2, 0) is 4.79 Å². The van der Waals surface area contributed by atoms with E-state index in [2.05, 4.69) is 13.8 Å². The molecule has 3 heteroatoms. The van der Waals surface area contributed by atoms with Crippen LogP contribution in [0.5, 0.6) is 0 Å². The molecule has 0 aromatic carbocycles. The number of hydrogen-bond acceptors (Lipinski definition) is 2. The molecule has 0 heterocycles. The smallest absolute Gasteiger partial charge is 0.331 e. The number of carbonyl (C=O) groups is 1. The zero-order chi connectivity index (χ0) is 16.4. The van der Waals surface area contributed by atoms with Crippen molar-refractivity contribution in [3.05, 3.63) is 11.6 Å². The van der Waals surface area contributed by atoms with E-state index in [-0.39, 0.29) is 11.5 Å². The van der Waals surface area contributed by atoms with Gasteiger partial charge in [-0.3, -0.25) is 0 Å². The van der Waals surface area contributed by atoms with Crippen molar-refractivity contribution < 1.29 is 15.0 Å². The highest BCUT2D eigenvalue weighted by Gasteiger charge is 2.59. The third kappa shape index (κ3) is 2.08. The zero-order valence-electron chi connectivity index (χ0n) is 14.4. The van der Waals surface area contributed by atoms with E-state index in [0.29, 0.717) is 28.7 Å². The van der Waals surface area contributed by atoms with Crippen LogP contribution in [0, 0.1) is 34.5 Å². The van der Waals surface area contributed by atoms with Crippen molar-refractivity contribution in [1.82, 2.24) is 0 Å². The minimum Gasteiger partial charge on any atom is -0.478 e. The van der Waals surface area contributed by atoms with Crippen LogP contribution in [0.3, 0.4) is 0 Å². The van der Waals surface area contributed by atoms with Gasteiger partial charge in [0.25, 0.3) is 0 Å². The predicted molar refractivity (Wildman–Crippen MR) is 88.8 cm³/mol. The largest absolute Gasteiger partial charge is 0.478 e. The number of allylic oxidation sites excluding steroid dienone is 1. The molecule has 0 aromatic heterocycles. The standard InChI is InChI=1S/C20H30O3/c1-19-9-7-13(21)11-12(19)3-4-14-15-5-6-17(18(22)23)20(15,2)10-8-16(14)19/h6,12-16,21H,3-5,7-11H2,1-2H3,(H,22,23). The molecule has 3 fully saturated rings. The van der Waals surface area contributed by atoms with Gasteiger partial charge in [0.05, 0.1) is 6.10 Å². The molecule has 0 amide bonds. The van der Waals surface area contributed by atoms with Gasteiger partial charge in [-0.05, 0) is 80.5 Å². The second-order valence-corrected chi connectivity index (χ2v) is 9.20. The van der Waals surface area contributed by atoms with Crippen LogP contribution >= 0.6 is 0 Å². The van der Waals surface area contributed by atoms with Crippen molar-refractivity contribution in [2.75, 3.05) is 0 Å². The molecule has 3 nitrogen and oxygen atoms in total. The summed E-state index contributed by atoms with van der Waals surface area (Å²) in [4.78, 5) is 11.7. The first-order chi connectivity index (χ1) is 10.9. The van der Waals surface area contributed by atoms with E-state index >= 15 is 0 Å². The lowest BCUT2D eigenvalue weighted by Gasteiger charge is -2.60. The highest BCUT2D eigenvalue weighted by atomic mass is 16.4. The van der Waals surface area contributed by atoms with Gasteiger partial charge in [-0.15, -0.1) is 0 Å². The fourth-order valence-electron chi connectivity index (χ4n) is 7.13. The van der Waals surface area contributed by atoms with Crippen LogP contribution in [0.1, 0.15) is 65.2 Å². The average Bonchev–Trinajstić information content (AvgIpc) is 2.85. The van der Waals surface area contributed by atoms with Crippen molar-refractivity contribution in [1.29, 1.82) is 0 Å². The molecule has 7 unspecified atom stereocenters. The van der Waals surface area contributed by atoms with E-state index < -0.39 is 5.97 Å². The molecule has 4 aliphatic carbocycles. The summed E-state index contributed by atoms with van der Waals surface area (Å²) in [6, 6.07) is 0. The maximum atomic E-state index is 11.7. The lowest BCUT2D eigenvalue weighted by atomic mass is 9.44. The van der Waals surface area contributed by atoms with Crippen LogP contribution in [0.4, 0.5) is 0 Å². The molecular weight excluding hydrogens is 288 g/mol. The first kappa shape index (κ1) is 15.7. The Kier molecular flexibility index (Phi) is 3.46. The summed E-state index contributed by atoms with van der Waals surface area (Å²) >= 11 is 0. The fraction of sp³-hybridized carbons (Fsp3) is 0.850. The van der Waals surface area contributed by atoms with E-state index in [9.17, 15) is 15.0 Å². The van der Waals surface area contributed by atoms with Gasteiger partial charge in [-0.25, -0.2) is 4.79 Å². The zero-order valence-corrected chi connectivity index (χ0v) is 14.4. The van der Waals surface area contributed by atoms with Crippen molar-refractivity contribution in [3.63, 3.8) is 0 Å². The van der Waals surface area contributed by atoms with Crippen molar-refractivity contribution in [2.45, 2.75) is 71.3 Å². The van der Waals surface area contributed by atoms with Crippen LogP contribution in [0.15, 0.2) is 11.6 Å². The summed E-state index contributed by atoms with van der Waals surface area (Å²) in [7, 11) is 0. The number of aliphatic hydroxyl groups is 1. The second kappa shape index (κ2) is 5.08. The topological polar surface area (TPSA) is 57.5 Å². The molecule has 0 aliphatic heterocycles. The summed E-state index contributed by atoms with van der Waals surface area (Å²) < 4.78 is 0. The Morgan fingerprint density at radius 1 is 1.13 bits per heavy atom. The molecule has 0 spiro atoms. The summed E-state index contributed by atoms with van der Waals surface area (Å²) in [6.45, 7) is 4.68. The number of hydrogen-bond donors (Lipinski definition) is 2. The normalized spacial score (nSPS) is 52.1. The van der Waals surface area contributed by atoms with Gasteiger partial charge >= 0.3 is 5.97 Å². The minimum atomic E-state index is -0.700. The second-order valence-electron chi connectivity index (χ2n) is 9.20. The summed E-state index contributed by atoms with van der Waals surface area (Å²) in [5.41, 5.74) is 0.951. The molecule has 128 valence electrons. The maximum absolute atomic E-state index is 11.7. The van der Waals surface area contributed by atoms with Crippen LogP contribution in [0.2, 0.25) is 0 Å². The first-order valence-electron chi connectivity index (χ1n) is 9.48. The molecule has 23 heavy (non-hydrogen) atoms. The Balaban J connectivity index is 1.62. The molecule has 0 saturated heterocycles. The average molecular weight is 318 g/mol. The highest BCUT2D eigenvalue weighted by molar-refractivity contribution is 5.89. The van der Waals surface area contributed by atoms with E-state index in [0.717, 1.165) is 38.0 Å². The van der Waals surface area contributed by atoms with Crippen LogP contribution in [-0.4, -0.2) is 22.3 Å². The SMILES string of the molecule is CC12CCC3C(CCC4CC(O)CCC43C)C1CC=C2C(=O)O. The van der Waals surface area contributed by atoms with Gasteiger partial charge in [0.2, 0.25) is 0 Å². The number of fused-ring (bicyclic) bond motifs is 5. The highest BCUT2D eigenvalue weighted by Crippen LogP contribution is 2.66. The number of carboxylic acids is 1. The van der Waals surface area contributed by atoms with Gasteiger partial charge in [-0.1, -0.05) is 19.9 Å². The Morgan fingerprint density at radius 3 is 2.65 bits per heavy atom.